The standard InChI is InChI=1S/C9H15N3OS/c1-8(2)3-4-14-5-9(8)6(10)11-7(13)12-9/h3-5H2,1-2H3,(H3,10,11,12,13). The summed E-state index contributed by atoms with van der Waals surface area (Å²) in [6.07, 6.45) is 1.03. The molecule has 0 aromatic heterocycles. The summed E-state index contributed by atoms with van der Waals surface area (Å²) in [4.78, 5) is 11.2. The molecule has 2 heterocycles. The van der Waals surface area contributed by atoms with Crippen LogP contribution in [0.2, 0.25) is 0 Å². The predicted molar refractivity (Wildman–Crippen MR) is 57.8 cm³/mol. The smallest absolute Gasteiger partial charge is 0.321 e. The number of amidine groups is 1. The molecule has 2 aliphatic heterocycles. The molecule has 0 bridgehead atoms. The van der Waals surface area contributed by atoms with Crippen molar-refractivity contribution in [2.24, 2.45) is 5.41 Å². The Balaban J connectivity index is 2.37. The van der Waals surface area contributed by atoms with Crippen LogP contribution >= 0.6 is 11.8 Å². The van der Waals surface area contributed by atoms with Crippen LogP contribution in [0.4, 0.5) is 4.79 Å². The largest absolute Gasteiger partial charge is 0.324 e. The van der Waals surface area contributed by atoms with Gasteiger partial charge in [-0.1, -0.05) is 13.8 Å². The molecule has 3 N–H and O–H groups in total. The molecule has 4 nitrogen and oxygen atoms in total. The molecule has 1 atom stereocenters. The van der Waals surface area contributed by atoms with Gasteiger partial charge in [0.25, 0.3) is 0 Å². The van der Waals surface area contributed by atoms with Crippen molar-refractivity contribution in [3.63, 3.8) is 0 Å². The Morgan fingerprint density at radius 2 is 2.21 bits per heavy atom. The molecule has 14 heavy (non-hydrogen) atoms. The quantitative estimate of drug-likeness (QED) is 0.565. The molecule has 0 saturated carbocycles. The van der Waals surface area contributed by atoms with Crippen LogP contribution < -0.4 is 10.6 Å². The third-order valence-electron chi connectivity index (χ3n) is 3.34. The van der Waals surface area contributed by atoms with Crippen LogP contribution in [0, 0.1) is 10.8 Å². The van der Waals surface area contributed by atoms with Crippen LogP contribution in [0.3, 0.4) is 0 Å². The summed E-state index contributed by atoms with van der Waals surface area (Å²) in [7, 11) is 0. The van der Waals surface area contributed by atoms with Gasteiger partial charge in [0, 0.05) is 5.75 Å². The Hall–Kier alpha value is -0.710. The normalized spacial score (nSPS) is 35.6. The maximum absolute atomic E-state index is 11.2. The van der Waals surface area contributed by atoms with E-state index in [1.54, 1.807) is 11.8 Å². The van der Waals surface area contributed by atoms with Crippen LogP contribution in [-0.2, 0) is 0 Å². The van der Waals surface area contributed by atoms with E-state index in [0.29, 0.717) is 5.84 Å². The van der Waals surface area contributed by atoms with Gasteiger partial charge in [-0.05, 0) is 17.6 Å². The maximum atomic E-state index is 11.2. The van der Waals surface area contributed by atoms with E-state index in [2.05, 4.69) is 24.5 Å². The Morgan fingerprint density at radius 1 is 1.50 bits per heavy atom. The predicted octanol–water partition coefficient (Wildman–Crippen LogP) is 1.18. The van der Waals surface area contributed by atoms with Crippen molar-refractivity contribution in [1.29, 1.82) is 5.41 Å². The minimum Gasteiger partial charge on any atom is -0.324 e. The first kappa shape index (κ1) is 9.83. The summed E-state index contributed by atoms with van der Waals surface area (Å²) >= 11 is 1.80. The monoisotopic (exact) mass is 213 g/mol. The highest BCUT2D eigenvalue weighted by Crippen LogP contribution is 2.43. The second-order valence-corrected chi connectivity index (χ2v) is 5.65. The van der Waals surface area contributed by atoms with Crippen molar-refractivity contribution in [2.45, 2.75) is 25.8 Å². The molecule has 0 aromatic rings. The number of rotatable bonds is 0. The van der Waals surface area contributed by atoms with Gasteiger partial charge in [-0.3, -0.25) is 10.7 Å². The highest BCUT2D eigenvalue weighted by Gasteiger charge is 2.55. The first-order chi connectivity index (χ1) is 6.48. The fraction of sp³-hybridized carbons (Fsp3) is 0.778. The van der Waals surface area contributed by atoms with Crippen LogP contribution in [0.1, 0.15) is 20.3 Å². The summed E-state index contributed by atoms with van der Waals surface area (Å²) in [5.74, 6) is 2.25. The topological polar surface area (TPSA) is 65.0 Å². The first-order valence-electron chi connectivity index (χ1n) is 4.74. The number of carbonyl (C=O) groups excluding carboxylic acids is 1. The van der Waals surface area contributed by atoms with Crippen molar-refractivity contribution < 1.29 is 4.79 Å². The summed E-state index contributed by atoms with van der Waals surface area (Å²) < 4.78 is 0. The zero-order chi connectivity index (χ0) is 10.4. The number of urea groups is 1. The van der Waals surface area contributed by atoms with Gasteiger partial charge in [-0.25, -0.2) is 4.79 Å². The number of hydrogen-bond donors (Lipinski definition) is 3. The molecular weight excluding hydrogens is 198 g/mol. The molecule has 2 aliphatic rings. The fourth-order valence-electron chi connectivity index (χ4n) is 2.08. The molecule has 2 saturated heterocycles. The lowest BCUT2D eigenvalue weighted by Crippen LogP contribution is -2.61. The molecule has 78 valence electrons. The molecule has 5 heteroatoms. The van der Waals surface area contributed by atoms with Crippen molar-refractivity contribution in [3.05, 3.63) is 0 Å². The number of carbonyl (C=O) groups is 1. The van der Waals surface area contributed by atoms with Crippen LogP contribution in [0.15, 0.2) is 0 Å². The lowest BCUT2D eigenvalue weighted by atomic mass is 9.70. The molecule has 2 fully saturated rings. The number of amides is 2. The fourth-order valence-corrected chi connectivity index (χ4v) is 3.80. The van der Waals surface area contributed by atoms with E-state index in [1.807, 2.05) is 0 Å². The van der Waals surface area contributed by atoms with Gasteiger partial charge in [0.2, 0.25) is 0 Å². The molecule has 0 aromatic carbocycles. The van der Waals surface area contributed by atoms with Crippen LogP contribution in [0.5, 0.6) is 0 Å². The van der Waals surface area contributed by atoms with E-state index in [4.69, 9.17) is 5.41 Å². The minimum absolute atomic E-state index is 0.0332. The number of nitrogens with one attached hydrogen (secondary N) is 3. The highest BCUT2D eigenvalue weighted by atomic mass is 32.2. The highest BCUT2D eigenvalue weighted by molar-refractivity contribution is 7.99. The van der Waals surface area contributed by atoms with Gasteiger partial charge in [0.1, 0.15) is 11.4 Å². The average Bonchev–Trinajstić information content (AvgIpc) is 2.35. The van der Waals surface area contributed by atoms with Crippen LogP contribution in [0.25, 0.3) is 0 Å². The van der Waals surface area contributed by atoms with E-state index >= 15 is 0 Å². The van der Waals surface area contributed by atoms with E-state index in [9.17, 15) is 4.79 Å². The molecular formula is C9H15N3OS. The van der Waals surface area contributed by atoms with E-state index in [-0.39, 0.29) is 11.4 Å². The van der Waals surface area contributed by atoms with Crippen molar-refractivity contribution in [2.75, 3.05) is 11.5 Å². The van der Waals surface area contributed by atoms with Gasteiger partial charge in [-0.2, -0.15) is 11.8 Å². The third kappa shape index (κ3) is 1.15. The Morgan fingerprint density at radius 3 is 2.71 bits per heavy atom. The van der Waals surface area contributed by atoms with Gasteiger partial charge in [0.05, 0.1) is 0 Å². The molecule has 1 spiro atoms. The van der Waals surface area contributed by atoms with Crippen molar-refractivity contribution in [1.82, 2.24) is 10.6 Å². The molecule has 0 radical (unpaired) electrons. The zero-order valence-corrected chi connectivity index (χ0v) is 9.25. The summed E-state index contributed by atoms with van der Waals surface area (Å²) in [6.45, 7) is 4.24. The van der Waals surface area contributed by atoms with E-state index in [1.165, 1.54) is 0 Å². The molecule has 2 amide bonds. The minimum atomic E-state index is -0.465. The van der Waals surface area contributed by atoms with Gasteiger partial charge >= 0.3 is 6.03 Å². The number of thioether (sulfide) groups is 1. The average molecular weight is 213 g/mol. The second kappa shape index (κ2) is 2.89. The third-order valence-corrected chi connectivity index (χ3v) is 4.47. The van der Waals surface area contributed by atoms with Crippen LogP contribution in [-0.4, -0.2) is 28.9 Å². The van der Waals surface area contributed by atoms with E-state index < -0.39 is 5.54 Å². The van der Waals surface area contributed by atoms with Gasteiger partial charge in [0.15, 0.2) is 0 Å². The Labute approximate surface area is 87.7 Å². The summed E-state index contributed by atoms with van der Waals surface area (Å²) in [5.41, 5.74) is -0.499. The molecule has 2 rings (SSSR count). The zero-order valence-electron chi connectivity index (χ0n) is 8.44. The summed E-state index contributed by atoms with van der Waals surface area (Å²) in [6, 6.07) is -0.231. The molecule has 1 unspecified atom stereocenters. The Bertz CT molecular complexity index is 302. The van der Waals surface area contributed by atoms with Gasteiger partial charge < -0.3 is 5.32 Å². The Kier molecular flexibility index (Phi) is 2.03. The molecule has 0 aliphatic carbocycles. The van der Waals surface area contributed by atoms with Crippen molar-refractivity contribution >= 4 is 23.6 Å². The summed E-state index contributed by atoms with van der Waals surface area (Å²) in [5, 5.41) is 13.3. The number of hydrogen-bond acceptors (Lipinski definition) is 3. The maximum Gasteiger partial charge on any atom is 0.321 e. The SMILES string of the molecule is CC1(C)CCSCC12NC(=O)NC2=N. The van der Waals surface area contributed by atoms with E-state index in [0.717, 1.165) is 17.9 Å². The van der Waals surface area contributed by atoms with Crippen molar-refractivity contribution in [3.8, 4) is 0 Å². The second-order valence-electron chi connectivity index (χ2n) is 4.55. The lowest BCUT2D eigenvalue weighted by molar-refractivity contribution is 0.201. The lowest BCUT2D eigenvalue weighted by Gasteiger charge is -2.46. The first-order valence-corrected chi connectivity index (χ1v) is 5.89. The van der Waals surface area contributed by atoms with Gasteiger partial charge in [-0.15, -0.1) is 0 Å².